The molecule has 23 heavy (non-hydrogen) atoms. The number of rotatable bonds is 6. The number of fused-ring (bicyclic) bond motifs is 1. The van der Waals surface area contributed by atoms with Gasteiger partial charge in [-0.05, 0) is 62.1 Å². The van der Waals surface area contributed by atoms with Crippen LogP contribution in [-0.4, -0.2) is 36.1 Å². The summed E-state index contributed by atoms with van der Waals surface area (Å²) in [7, 11) is 0. The lowest BCUT2D eigenvalue weighted by atomic mass is 9.97. The Hall–Kier alpha value is -1.55. The molecule has 2 fully saturated rings. The first kappa shape index (κ1) is 15.0. The Balaban J connectivity index is 1.49. The zero-order valence-corrected chi connectivity index (χ0v) is 13.9. The summed E-state index contributed by atoms with van der Waals surface area (Å²) in [4.78, 5) is 14.8. The van der Waals surface area contributed by atoms with Gasteiger partial charge >= 0.3 is 5.97 Å². The number of nitrogens with one attached hydrogen (secondary N) is 1. The highest BCUT2D eigenvalue weighted by atomic mass is 16.5. The van der Waals surface area contributed by atoms with Gasteiger partial charge in [0.1, 0.15) is 5.54 Å². The highest BCUT2D eigenvalue weighted by molar-refractivity contribution is 5.88. The van der Waals surface area contributed by atoms with Crippen molar-refractivity contribution in [2.45, 2.75) is 51.1 Å². The van der Waals surface area contributed by atoms with Gasteiger partial charge in [-0.15, -0.1) is 0 Å². The van der Waals surface area contributed by atoms with E-state index in [4.69, 9.17) is 4.74 Å². The van der Waals surface area contributed by atoms with Crippen molar-refractivity contribution in [3.05, 3.63) is 29.3 Å². The maximum absolute atomic E-state index is 12.2. The molecule has 4 heteroatoms. The average molecular weight is 314 g/mol. The van der Waals surface area contributed by atoms with Gasteiger partial charge in [-0.2, -0.15) is 0 Å². The van der Waals surface area contributed by atoms with Gasteiger partial charge in [-0.3, -0.25) is 4.90 Å². The monoisotopic (exact) mass is 314 g/mol. The summed E-state index contributed by atoms with van der Waals surface area (Å²) in [5, 5.41) is 3.52. The van der Waals surface area contributed by atoms with Gasteiger partial charge in [-0.25, -0.2) is 4.79 Å². The second-order valence-electron chi connectivity index (χ2n) is 7.30. The Kier molecular flexibility index (Phi) is 3.80. The molecule has 0 aromatic heterocycles. The van der Waals surface area contributed by atoms with Crippen molar-refractivity contribution in [2.75, 3.05) is 25.0 Å². The van der Waals surface area contributed by atoms with E-state index in [1.807, 2.05) is 6.92 Å². The summed E-state index contributed by atoms with van der Waals surface area (Å²) in [5.74, 6) is 0.847. The molecule has 3 aliphatic rings. The molecule has 0 bridgehead atoms. The Labute approximate surface area is 138 Å². The number of esters is 1. The van der Waals surface area contributed by atoms with Crippen molar-refractivity contribution in [3.63, 3.8) is 0 Å². The summed E-state index contributed by atoms with van der Waals surface area (Å²) >= 11 is 0. The maximum atomic E-state index is 12.2. The fraction of sp³-hybridized carbons (Fsp3) is 0.632. The van der Waals surface area contributed by atoms with E-state index in [9.17, 15) is 4.79 Å². The van der Waals surface area contributed by atoms with E-state index in [0.29, 0.717) is 6.61 Å². The molecule has 1 aromatic rings. The predicted molar refractivity (Wildman–Crippen MR) is 90.4 cm³/mol. The van der Waals surface area contributed by atoms with E-state index >= 15 is 0 Å². The van der Waals surface area contributed by atoms with Crippen molar-refractivity contribution in [2.24, 2.45) is 5.92 Å². The van der Waals surface area contributed by atoms with E-state index in [0.717, 1.165) is 44.0 Å². The highest BCUT2D eigenvalue weighted by Gasteiger charge is 2.51. The van der Waals surface area contributed by atoms with E-state index in [-0.39, 0.29) is 5.97 Å². The zero-order chi connectivity index (χ0) is 15.9. The lowest BCUT2D eigenvalue weighted by Crippen LogP contribution is -2.36. The molecule has 1 heterocycles. The van der Waals surface area contributed by atoms with Crippen LogP contribution in [0.3, 0.4) is 0 Å². The van der Waals surface area contributed by atoms with Crippen LogP contribution in [0, 0.1) is 5.92 Å². The Bertz CT molecular complexity index is 605. The lowest BCUT2D eigenvalue weighted by molar-refractivity contribution is -0.145. The summed E-state index contributed by atoms with van der Waals surface area (Å²) in [5.41, 5.74) is 3.49. The summed E-state index contributed by atoms with van der Waals surface area (Å²) < 4.78 is 5.24. The summed E-state index contributed by atoms with van der Waals surface area (Å²) in [6, 6.07) is 6.47. The van der Waals surface area contributed by atoms with Crippen molar-refractivity contribution in [3.8, 4) is 0 Å². The molecule has 0 unspecified atom stereocenters. The number of hydrogen-bond donors (Lipinski definition) is 1. The van der Waals surface area contributed by atoms with Gasteiger partial charge < -0.3 is 10.1 Å². The fourth-order valence-electron chi connectivity index (χ4n) is 3.64. The van der Waals surface area contributed by atoms with Gasteiger partial charge in [-0.1, -0.05) is 12.1 Å². The molecule has 0 saturated heterocycles. The molecule has 0 radical (unpaired) electrons. The van der Waals surface area contributed by atoms with Crippen LogP contribution in [0.15, 0.2) is 18.2 Å². The fourth-order valence-corrected chi connectivity index (χ4v) is 3.64. The van der Waals surface area contributed by atoms with E-state index in [2.05, 4.69) is 28.4 Å². The number of anilines is 1. The average Bonchev–Trinajstić information content (AvgIpc) is 3.45. The van der Waals surface area contributed by atoms with Gasteiger partial charge in [0.15, 0.2) is 0 Å². The lowest BCUT2D eigenvalue weighted by Gasteiger charge is -2.31. The molecule has 124 valence electrons. The predicted octanol–water partition coefficient (Wildman–Crippen LogP) is 2.96. The minimum atomic E-state index is -0.462. The van der Waals surface area contributed by atoms with Gasteiger partial charge in [0.2, 0.25) is 0 Å². The summed E-state index contributed by atoms with van der Waals surface area (Å²) in [6.45, 7) is 5.75. The standard InChI is InChI=1S/C19H26N2O2/c1-2-23-18(22)19(9-10-19)20-17-5-3-4-15-13-21(11-8-16(15)17)12-14-6-7-14/h3-5,14,20H,2,6-13H2,1H3. The van der Waals surface area contributed by atoms with Crippen molar-refractivity contribution in [1.82, 2.24) is 4.90 Å². The third-order valence-electron chi connectivity index (χ3n) is 5.35. The maximum Gasteiger partial charge on any atom is 0.331 e. The van der Waals surface area contributed by atoms with Gasteiger partial charge in [0, 0.05) is 25.3 Å². The smallest absolute Gasteiger partial charge is 0.331 e. The molecule has 4 nitrogen and oxygen atoms in total. The highest BCUT2D eigenvalue weighted by Crippen LogP contribution is 2.42. The SMILES string of the molecule is CCOC(=O)C1(Nc2cccc3c2CCN(CC2CC2)C3)CC1. The molecule has 4 rings (SSSR count). The van der Waals surface area contributed by atoms with Gasteiger partial charge in [0.25, 0.3) is 0 Å². The van der Waals surface area contributed by atoms with Crippen molar-refractivity contribution >= 4 is 11.7 Å². The largest absolute Gasteiger partial charge is 0.464 e. The van der Waals surface area contributed by atoms with E-state index in [1.54, 1.807) is 0 Å². The molecular formula is C19H26N2O2. The second kappa shape index (κ2) is 5.82. The first-order valence-electron chi connectivity index (χ1n) is 8.99. The van der Waals surface area contributed by atoms with E-state index in [1.165, 1.54) is 30.5 Å². The number of benzene rings is 1. The molecule has 1 aromatic carbocycles. The molecule has 1 N–H and O–H groups in total. The topological polar surface area (TPSA) is 41.6 Å². The van der Waals surface area contributed by atoms with Crippen LogP contribution in [0.2, 0.25) is 0 Å². The van der Waals surface area contributed by atoms with Crippen LogP contribution in [0.25, 0.3) is 0 Å². The molecule has 0 spiro atoms. The van der Waals surface area contributed by atoms with Crippen molar-refractivity contribution < 1.29 is 9.53 Å². The molecule has 0 atom stereocenters. The van der Waals surface area contributed by atoms with Crippen molar-refractivity contribution in [1.29, 1.82) is 0 Å². The van der Waals surface area contributed by atoms with Crippen LogP contribution in [-0.2, 0) is 22.5 Å². The number of nitrogens with zero attached hydrogens (tertiary/aromatic N) is 1. The van der Waals surface area contributed by atoms with Crippen LogP contribution < -0.4 is 5.32 Å². The number of hydrogen-bond acceptors (Lipinski definition) is 4. The molecular weight excluding hydrogens is 288 g/mol. The van der Waals surface area contributed by atoms with Gasteiger partial charge in [0.05, 0.1) is 6.61 Å². The molecule has 1 aliphatic heterocycles. The Morgan fingerprint density at radius 3 is 2.91 bits per heavy atom. The minimum Gasteiger partial charge on any atom is -0.464 e. The quantitative estimate of drug-likeness (QED) is 0.820. The number of carbonyl (C=O) groups excluding carboxylic acids is 1. The normalized spacial score (nSPS) is 22.3. The Morgan fingerprint density at radius 1 is 1.39 bits per heavy atom. The molecule has 2 saturated carbocycles. The van der Waals surface area contributed by atoms with Crippen LogP contribution in [0.1, 0.15) is 43.7 Å². The first-order valence-corrected chi connectivity index (χ1v) is 8.99. The number of carbonyl (C=O) groups is 1. The third-order valence-corrected chi connectivity index (χ3v) is 5.35. The second-order valence-corrected chi connectivity index (χ2v) is 7.30. The van der Waals surface area contributed by atoms with Crippen LogP contribution >= 0.6 is 0 Å². The number of ether oxygens (including phenoxy) is 1. The molecule has 2 aliphatic carbocycles. The minimum absolute atomic E-state index is 0.0937. The van der Waals surface area contributed by atoms with E-state index < -0.39 is 5.54 Å². The summed E-state index contributed by atoms with van der Waals surface area (Å²) in [6.07, 6.45) is 5.65. The van der Waals surface area contributed by atoms with Crippen LogP contribution in [0.4, 0.5) is 5.69 Å². The van der Waals surface area contributed by atoms with Crippen LogP contribution in [0.5, 0.6) is 0 Å². The zero-order valence-electron chi connectivity index (χ0n) is 13.9. The molecule has 0 amide bonds. The Morgan fingerprint density at radius 2 is 2.22 bits per heavy atom. The third kappa shape index (κ3) is 3.09. The first-order chi connectivity index (χ1) is 11.2.